The topological polar surface area (TPSA) is 60.7 Å². The molecule has 6 atom stereocenters. The molecular formula is C20H34O3. The predicted octanol–water partition coefficient (Wildman–Crippen LogP) is 3.28. The number of aliphatic hydroxyl groups excluding tert-OH is 3. The lowest BCUT2D eigenvalue weighted by Crippen LogP contribution is -2.55. The largest absolute Gasteiger partial charge is 0.394 e. The van der Waals surface area contributed by atoms with E-state index in [9.17, 15) is 15.3 Å². The van der Waals surface area contributed by atoms with Crippen LogP contribution < -0.4 is 0 Å². The SMILES string of the molecule is CC1(C)[C@H](O)CC[C@@]2(C)[C@@H]3CC[C@](C)([C@H](O)CO)C=C3CC[C@H]12. The maximum atomic E-state index is 10.5. The van der Waals surface area contributed by atoms with E-state index in [0.717, 1.165) is 38.5 Å². The van der Waals surface area contributed by atoms with Crippen LogP contribution >= 0.6 is 0 Å². The molecule has 0 heterocycles. The average Bonchev–Trinajstić information content (AvgIpc) is 2.50. The second-order valence-electron chi connectivity index (χ2n) is 9.49. The standard InChI is InChI=1S/C20H34O3/c1-18(2)15-6-5-13-11-19(3,17(23)12-21)9-7-14(13)20(15,4)10-8-16(18)22/h11,14-17,21-23H,5-10,12H2,1-4H3/t14-,15-,16-,17-,19+,20+/m1/s1. The van der Waals surface area contributed by atoms with Gasteiger partial charge < -0.3 is 15.3 Å². The van der Waals surface area contributed by atoms with Crippen molar-refractivity contribution in [2.75, 3.05) is 6.61 Å². The minimum atomic E-state index is -0.661. The fourth-order valence-electron chi connectivity index (χ4n) is 6.21. The summed E-state index contributed by atoms with van der Waals surface area (Å²) in [5, 5.41) is 30.1. The molecule has 132 valence electrons. The van der Waals surface area contributed by atoms with Crippen LogP contribution in [0.25, 0.3) is 0 Å². The van der Waals surface area contributed by atoms with Crippen molar-refractivity contribution in [3.8, 4) is 0 Å². The van der Waals surface area contributed by atoms with Crippen molar-refractivity contribution in [3.63, 3.8) is 0 Å². The summed E-state index contributed by atoms with van der Waals surface area (Å²) in [5.41, 5.74) is 1.47. The van der Waals surface area contributed by atoms with Crippen molar-refractivity contribution in [1.82, 2.24) is 0 Å². The van der Waals surface area contributed by atoms with Crippen LogP contribution in [0.15, 0.2) is 11.6 Å². The highest BCUT2D eigenvalue weighted by Gasteiger charge is 2.57. The van der Waals surface area contributed by atoms with Gasteiger partial charge in [0.2, 0.25) is 0 Å². The Morgan fingerprint density at radius 1 is 1.13 bits per heavy atom. The van der Waals surface area contributed by atoms with Crippen molar-refractivity contribution in [2.24, 2.45) is 28.1 Å². The Balaban J connectivity index is 1.93. The second kappa shape index (κ2) is 5.57. The van der Waals surface area contributed by atoms with Gasteiger partial charge in [-0.05, 0) is 61.2 Å². The highest BCUT2D eigenvalue weighted by Crippen LogP contribution is 2.63. The molecule has 0 unspecified atom stereocenters. The first-order valence-corrected chi connectivity index (χ1v) is 9.34. The molecule has 3 rings (SSSR count). The third-order valence-electron chi connectivity index (χ3n) is 7.90. The molecule has 3 aliphatic carbocycles. The second-order valence-corrected chi connectivity index (χ2v) is 9.49. The quantitative estimate of drug-likeness (QED) is 0.684. The molecule has 0 saturated heterocycles. The number of hydrogen-bond donors (Lipinski definition) is 3. The van der Waals surface area contributed by atoms with Crippen LogP contribution in [0.4, 0.5) is 0 Å². The molecule has 0 aromatic carbocycles. The molecule has 23 heavy (non-hydrogen) atoms. The Morgan fingerprint density at radius 2 is 1.83 bits per heavy atom. The summed E-state index contributed by atoms with van der Waals surface area (Å²) in [6, 6.07) is 0. The third kappa shape index (κ3) is 2.51. The van der Waals surface area contributed by atoms with Crippen LogP contribution in [0.3, 0.4) is 0 Å². The molecule has 3 aliphatic rings. The molecule has 3 heteroatoms. The van der Waals surface area contributed by atoms with E-state index in [4.69, 9.17) is 0 Å². The van der Waals surface area contributed by atoms with Crippen LogP contribution in [0.2, 0.25) is 0 Å². The summed E-state index contributed by atoms with van der Waals surface area (Å²) in [7, 11) is 0. The Kier molecular flexibility index (Phi) is 4.23. The zero-order valence-electron chi connectivity index (χ0n) is 15.2. The molecule has 2 saturated carbocycles. The number of fused-ring (bicyclic) bond motifs is 3. The van der Waals surface area contributed by atoms with Gasteiger partial charge in [0.25, 0.3) is 0 Å². The summed E-state index contributed by atoms with van der Waals surface area (Å²) in [5.74, 6) is 1.14. The third-order valence-corrected chi connectivity index (χ3v) is 7.90. The smallest absolute Gasteiger partial charge is 0.0858 e. The highest BCUT2D eigenvalue weighted by molar-refractivity contribution is 5.25. The van der Waals surface area contributed by atoms with Gasteiger partial charge in [-0.15, -0.1) is 0 Å². The summed E-state index contributed by atoms with van der Waals surface area (Å²) in [6.07, 6.45) is 7.70. The fourth-order valence-corrected chi connectivity index (χ4v) is 6.21. The highest BCUT2D eigenvalue weighted by atomic mass is 16.3. The summed E-state index contributed by atoms with van der Waals surface area (Å²) < 4.78 is 0. The Hall–Kier alpha value is -0.380. The maximum absolute atomic E-state index is 10.5. The first kappa shape index (κ1) is 17.4. The monoisotopic (exact) mass is 322 g/mol. The van der Waals surface area contributed by atoms with E-state index in [1.165, 1.54) is 5.57 Å². The lowest BCUT2D eigenvalue weighted by atomic mass is 9.45. The van der Waals surface area contributed by atoms with Crippen LogP contribution in [-0.4, -0.2) is 34.1 Å². The number of hydrogen-bond acceptors (Lipinski definition) is 3. The fraction of sp³-hybridized carbons (Fsp3) is 0.900. The van der Waals surface area contributed by atoms with Gasteiger partial charge >= 0.3 is 0 Å². The van der Waals surface area contributed by atoms with Gasteiger partial charge in [0.1, 0.15) is 0 Å². The van der Waals surface area contributed by atoms with E-state index < -0.39 is 6.10 Å². The summed E-state index contributed by atoms with van der Waals surface area (Å²) in [6.45, 7) is 8.85. The normalized spacial score (nSPS) is 47.3. The Bertz CT molecular complexity index is 497. The van der Waals surface area contributed by atoms with E-state index in [-0.39, 0.29) is 29.0 Å². The molecule has 0 aromatic heterocycles. The van der Waals surface area contributed by atoms with Crippen molar-refractivity contribution in [3.05, 3.63) is 11.6 Å². The van der Waals surface area contributed by atoms with Crippen LogP contribution in [0.5, 0.6) is 0 Å². The Labute approximate surface area is 140 Å². The van der Waals surface area contributed by atoms with Gasteiger partial charge in [-0.2, -0.15) is 0 Å². The zero-order valence-corrected chi connectivity index (χ0v) is 15.2. The lowest BCUT2D eigenvalue weighted by molar-refractivity contribution is -0.129. The predicted molar refractivity (Wildman–Crippen MR) is 91.9 cm³/mol. The number of allylic oxidation sites excluding steroid dienone is 1. The van der Waals surface area contributed by atoms with Crippen LogP contribution in [0, 0.1) is 28.1 Å². The van der Waals surface area contributed by atoms with E-state index in [0.29, 0.717) is 11.8 Å². The molecule has 0 aromatic rings. The minimum absolute atomic E-state index is 0.0100. The zero-order chi connectivity index (χ0) is 17.0. The van der Waals surface area contributed by atoms with E-state index in [2.05, 4.69) is 33.8 Å². The Morgan fingerprint density at radius 3 is 2.48 bits per heavy atom. The molecule has 0 aliphatic heterocycles. The summed E-state index contributed by atoms with van der Waals surface area (Å²) in [4.78, 5) is 0. The van der Waals surface area contributed by atoms with Crippen molar-refractivity contribution < 1.29 is 15.3 Å². The van der Waals surface area contributed by atoms with Gasteiger partial charge in [0, 0.05) is 5.41 Å². The molecule has 0 spiro atoms. The minimum Gasteiger partial charge on any atom is -0.394 e. The number of aliphatic hydroxyl groups is 3. The van der Waals surface area contributed by atoms with E-state index in [1.807, 2.05) is 0 Å². The van der Waals surface area contributed by atoms with Crippen LogP contribution in [-0.2, 0) is 0 Å². The molecule has 0 radical (unpaired) electrons. The maximum Gasteiger partial charge on any atom is 0.0858 e. The molecule has 0 bridgehead atoms. The van der Waals surface area contributed by atoms with Gasteiger partial charge in [-0.25, -0.2) is 0 Å². The summed E-state index contributed by atoms with van der Waals surface area (Å²) >= 11 is 0. The molecule has 2 fully saturated rings. The van der Waals surface area contributed by atoms with E-state index >= 15 is 0 Å². The first-order valence-electron chi connectivity index (χ1n) is 9.34. The molecular weight excluding hydrogens is 288 g/mol. The number of rotatable bonds is 2. The van der Waals surface area contributed by atoms with Crippen molar-refractivity contribution >= 4 is 0 Å². The lowest BCUT2D eigenvalue weighted by Gasteiger charge is -2.61. The van der Waals surface area contributed by atoms with Crippen molar-refractivity contribution in [1.29, 1.82) is 0 Å². The van der Waals surface area contributed by atoms with Crippen molar-refractivity contribution in [2.45, 2.75) is 78.4 Å². The van der Waals surface area contributed by atoms with Gasteiger partial charge in [0.05, 0.1) is 18.8 Å². The molecule has 3 N–H and O–H groups in total. The molecule has 3 nitrogen and oxygen atoms in total. The van der Waals surface area contributed by atoms with E-state index in [1.54, 1.807) is 0 Å². The average molecular weight is 322 g/mol. The van der Waals surface area contributed by atoms with Crippen LogP contribution in [0.1, 0.15) is 66.2 Å². The van der Waals surface area contributed by atoms with Gasteiger partial charge in [0.15, 0.2) is 0 Å². The first-order chi connectivity index (χ1) is 10.6. The molecule has 0 amide bonds. The van der Waals surface area contributed by atoms with Gasteiger partial charge in [-0.1, -0.05) is 39.3 Å². The van der Waals surface area contributed by atoms with Gasteiger partial charge in [-0.3, -0.25) is 0 Å².